The van der Waals surface area contributed by atoms with Crippen LogP contribution in [0.3, 0.4) is 0 Å². The second-order valence-corrected chi connectivity index (χ2v) is 9.81. The molecule has 2 nitrogen and oxygen atoms in total. The first-order chi connectivity index (χ1) is 3.95. The molecule has 0 aliphatic carbocycles. The van der Waals surface area contributed by atoms with Crippen LogP contribution in [0.1, 0.15) is 29.7 Å². The molecule has 0 rings (SSSR count). The normalized spacial score (nSPS) is 10.8. The lowest BCUT2D eigenvalue weighted by Crippen LogP contribution is -2.34. The highest BCUT2D eigenvalue weighted by molar-refractivity contribution is 6.75. The molecule has 0 bridgehead atoms. The molecule has 1 unspecified atom stereocenters. The Hall–Kier alpha value is 0.354. The van der Waals surface area contributed by atoms with Gasteiger partial charge in [0.2, 0.25) is 0 Å². The molecular formula is C9H32O2Si2. The van der Waals surface area contributed by atoms with Gasteiger partial charge in [0.25, 0.3) is 0 Å². The molecule has 1 atom stereocenters. The third kappa shape index (κ3) is 24.5. The SMILES string of the molecule is C.C.C.C.CO[SiH](C)O[Si](C)(C)C. The standard InChI is InChI=1S/C5H16O2Si2.4CH4/c1-6-8(2)7-9(3,4)5;;;;/h8H,1-5H3;4*1H4. The van der Waals surface area contributed by atoms with Crippen LogP contribution in [0, 0.1) is 0 Å². The Kier molecular flexibility index (Phi) is 27.8. The summed E-state index contributed by atoms with van der Waals surface area (Å²) in [6.45, 7) is 8.58. The van der Waals surface area contributed by atoms with Crippen molar-refractivity contribution in [1.82, 2.24) is 0 Å². The monoisotopic (exact) mass is 228 g/mol. The maximum absolute atomic E-state index is 5.64. The average molecular weight is 229 g/mol. The van der Waals surface area contributed by atoms with Gasteiger partial charge in [0.15, 0.2) is 8.32 Å². The smallest absolute Gasteiger partial charge is 0.307 e. The highest BCUT2D eigenvalue weighted by Gasteiger charge is 2.18. The van der Waals surface area contributed by atoms with Gasteiger partial charge in [-0.3, -0.25) is 0 Å². The minimum atomic E-state index is -1.30. The lowest BCUT2D eigenvalue weighted by atomic mass is 11.8. The molecule has 13 heavy (non-hydrogen) atoms. The molecule has 0 aromatic rings. The second kappa shape index (κ2) is 12.4. The van der Waals surface area contributed by atoms with E-state index >= 15 is 0 Å². The largest absolute Gasteiger partial charge is 0.438 e. The molecule has 0 amide bonds. The molecule has 0 saturated heterocycles. The van der Waals surface area contributed by atoms with Gasteiger partial charge in [-0.05, 0) is 26.2 Å². The fourth-order valence-electron chi connectivity index (χ4n) is 0.546. The summed E-state index contributed by atoms with van der Waals surface area (Å²) in [5.74, 6) is 0. The van der Waals surface area contributed by atoms with Crippen molar-refractivity contribution in [1.29, 1.82) is 0 Å². The summed E-state index contributed by atoms with van der Waals surface area (Å²) >= 11 is 0. The van der Waals surface area contributed by atoms with Gasteiger partial charge in [-0.25, -0.2) is 0 Å². The molecule has 0 N–H and O–H groups in total. The maximum Gasteiger partial charge on any atom is 0.307 e. The van der Waals surface area contributed by atoms with Crippen LogP contribution in [0.5, 0.6) is 0 Å². The molecule has 0 heterocycles. The van der Waals surface area contributed by atoms with Gasteiger partial charge >= 0.3 is 9.28 Å². The van der Waals surface area contributed by atoms with Crippen molar-refractivity contribution >= 4 is 17.6 Å². The van der Waals surface area contributed by atoms with Crippen molar-refractivity contribution < 1.29 is 8.54 Å². The lowest BCUT2D eigenvalue weighted by molar-refractivity contribution is 0.340. The summed E-state index contributed by atoms with van der Waals surface area (Å²) in [6, 6.07) is 0. The summed E-state index contributed by atoms with van der Waals surface area (Å²) in [5, 5.41) is 0. The van der Waals surface area contributed by atoms with Crippen LogP contribution in [0.25, 0.3) is 0 Å². The Morgan fingerprint density at radius 2 is 1.23 bits per heavy atom. The van der Waals surface area contributed by atoms with E-state index in [1.165, 1.54) is 0 Å². The van der Waals surface area contributed by atoms with E-state index in [9.17, 15) is 0 Å². The lowest BCUT2D eigenvalue weighted by Gasteiger charge is -2.21. The summed E-state index contributed by atoms with van der Waals surface area (Å²) in [7, 11) is -0.830. The van der Waals surface area contributed by atoms with Crippen LogP contribution >= 0.6 is 0 Å². The first-order valence-electron chi connectivity index (χ1n) is 3.16. The fourth-order valence-corrected chi connectivity index (χ4v) is 4.91. The van der Waals surface area contributed by atoms with Crippen molar-refractivity contribution in [3.63, 3.8) is 0 Å². The van der Waals surface area contributed by atoms with Crippen LogP contribution in [0.2, 0.25) is 26.2 Å². The molecule has 0 fully saturated rings. The minimum absolute atomic E-state index is 0. The van der Waals surface area contributed by atoms with Crippen LogP contribution in [0.15, 0.2) is 0 Å². The summed E-state index contributed by atoms with van der Waals surface area (Å²) in [6.07, 6.45) is 0. The molecule has 88 valence electrons. The molecule has 0 aliphatic rings. The van der Waals surface area contributed by atoms with Crippen LogP contribution < -0.4 is 0 Å². The molecule has 0 aromatic heterocycles. The first-order valence-corrected chi connectivity index (χ1v) is 8.67. The average Bonchev–Trinajstić information content (AvgIpc) is 1.62. The highest BCUT2D eigenvalue weighted by Crippen LogP contribution is 2.04. The first kappa shape index (κ1) is 29.2. The maximum atomic E-state index is 5.64. The molecule has 4 heteroatoms. The highest BCUT2D eigenvalue weighted by atomic mass is 28.4. The molecule has 0 aliphatic heterocycles. The van der Waals surface area contributed by atoms with Gasteiger partial charge < -0.3 is 8.54 Å². The van der Waals surface area contributed by atoms with Crippen LogP contribution in [-0.2, 0) is 8.54 Å². The summed E-state index contributed by atoms with van der Waals surface area (Å²) in [5.41, 5.74) is 0. The van der Waals surface area contributed by atoms with E-state index in [-0.39, 0.29) is 29.7 Å². The molecule has 0 saturated carbocycles. The molecule has 0 spiro atoms. The number of hydrogen-bond donors (Lipinski definition) is 0. The predicted octanol–water partition coefficient (Wildman–Crippen LogP) is 3.88. The Morgan fingerprint density at radius 3 is 1.31 bits per heavy atom. The summed E-state index contributed by atoms with van der Waals surface area (Å²) < 4.78 is 10.7. The van der Waals surface area contributed by atoms with E-state index < -0.39 is 17.6 Å². The van der Waals surface area contributed by atoms with Crippen molar-refractivity contribution in [2.45, 2.75) is 55.9 Å². The Morgan fingerprint density at radius 1 is 0.923 bits per heavy atom. The van der Waals surface area contributed by atoms with Crippen molar-refractivity contribution in [2.75, 3.05) is 7.11 Å². The molecule has 0 aromatic carbocycles. The van der Waals surface area contributed by atoms with E-state index in [2.05, 4.69) is 26.2 Å². The van der Waals surface area contributed by atoms with Crippen molar-refractivity contribution in [3.8, 4) is 0 Å². The Bertz CT molecular complexity index is 82.2. The van der Waals surface area contributed by atoms with Gasteiger partial charge in [-0.2, -0.15) is 0 Å². The van der Waals surface area contributed by atoms with E-state index in [1.54, 1.807) is 7.11 Å². The fraction of sp³-hybridized carbons (Fsp3) is 1.00. The van der Waals surface area contributed by atoms with Crippen molar-refractivity contribution in [2.24, 2.45) is 0 Å². The van der Waals surface area contributed by atoms with Gasteiger partial charge in [-0.15, -0.1) is 0 Å². The quantitative estimate of drug-likeness (QED) is 0.683. The van der Waals surface area contributed by atoms with Crippen molar-refractivity contribution in [3.05, 3.63) is 0 Å². The Balaban J connectivity index is -0.0000000533. The van der Waals surface area contributed by atoms with Gasteiger partial charge in [0.1, 0.15) is 0 Å². The number of hydrogen-bond acceptors (Lipinski definition) is 2. The second-order valence-electron chi connectivity index (χ2n) is 3.03. The Labute approximate surface area is 89.6 Å². The topological polar surface area (TPSA) is 18.5 Å². The van der Waals surface area contributed by atoms with E-state index in [0.717, 1.165) is 0 Å². The van der Waals surface area contributed by atoms with Crippen LogP contribution in [0.4, 0.5) is 0 Å². The zero-order valence-corrected chi connectivity index (χ0v) is 9.05. The van der Waals surface area contributed by atoms with Gasteiger partial charge in [-0.1, -0.05) is 29.7 Å². The summed E-state index contributed by atoms with van der Waals surface area (Å²) in [4.78, 5) is 0. The van der Waals surface area contributed by atoms with E-state index in [4.69, 9.17) is 8.54 Å². The number of rotatable bonds is 3. The van der Waals surface area contributed by atoms with Gasteiger partial charge in [0.05, 0.1) is 0 Å². The zero-order valence-electron chi connectivity index (χ0n) is 6.89. The van der Waals surface area contributed by atoms with Crippen LogP contribution in [-0.4, -0.2) is 24.7 Å². The molecule has 0 radical (unpaired) electrons. The third-order valence-electron chi connectivity index (χ3n) is 0.851. The van der Waals surface area contributed by atoms with Gasteiger partial charge in [0, 0.05) is 7.11 Å². The third-order valence-corrected chi connectivity index (χ3v) is 5.67. The predicted molar refractivity (Wildman–Crippen MR) is 71.4 cm³/mol. The zero-order chi connectivity index (χ0) is 7.49. The molecular weight excluding hydrogens is 196 g/mol. The van der Waals surface area contributed by atoms with E-state index in [1.807, 2.05) is 0 Å². The van der Waals surface area contributed by atoms with E-state index in [0.29, 0.717) is 0 Å². The minimum Gasteiger partial charge on any atom is -0.438 e.